The number of alkyl halides is 8. The standard InChI is InChI=1S/C18H10F10N2O2/c19-9-1-5-11(6-2-9)29-13(31)15(21,22)17(25,26)18(27,28)16(23,24)14(32)30-12-7-3-10(20)4-8-12/h1-8H,(H,29,31)(H,30,32). The Hall–Kier alpha value is -3.32. The predicted molar refractivity (Wildman–Crippen MR) is 89.8 cm³/mol. The van der Waals surface area contributed by atoms with Gasteiger partial charge in [0.25, 0.3) is 0 Å². The molecule has 174 valence electrons. The van der Waals surface area contributed by atoms with Gasteiger partial charge in [0.05, 0.1) is 0 Å². The molecule has 2 N–H and O–H groups in total. The van der Waals surface area contributed by atoms with Crippen LogP contribution in [0.25, 0.3) is 0 Å². The van der Waals surface area contributed by atoms with Crippen molar-refractivity contribution in [3.05, 3.63) is 60.2 Å². The zero-order valence-corrected chi connectivity index (χ0v) is 15.2. The summed E-state index contributed by atoms with van der Waals surface area (Å²) in [5, 5.41) is 2.13. The van der Waals surface area contributed by atoms with Crippen molar-refractivity contribution in [2.75, 3.05) is 10.6 Å². The number of carbonyl (C=O) groups excluding carboxylic acids is 2. The van der Waals surface area contributed by atoms with Crippen molar-refractivity contribution < 1.29 is 53.5 Å². The number of hydrogen-bond acceptors (Lipinski definition) is 2. The molecule has 14 heteroatoms. The first-order chi connectivity index (χ1) is 14.5. The molecular formula is C18H10F10N2O2. The highest BCUT2D eigenvalue weighted by molar-refractivity contribution is 5.99. The molecule has 0 atom stereocenters. The molecule has 2 aromatic rings. The zero-order chi connectivity index (χ0) is 24.5. The molecule has 32 heavy (non-hydrogen) atoms. The van der Waals surface area contributed by atoms with E-state index < -0.39 is 58.5 Å². The minimum absolute atomic E-state index is 0.592. The van der Waals surface area contributed by atoms with Gasteiger partial charge in [0.15, 0.2) is 0 Å². The Kier molecular flexibility index (Phi) is 6.48. The molecule has 0 unspecified atom stereocenters. The summed E-state index contributed by atoms with van der Waals surface area (Å²) in [6.07, 6.45) is 0. The number of carbonyl (C=O) groups is 2. The third kappa shape index (κ3) is 4.34. The smallest absolute Gasteiger partial charge is 0.321 e. The Morgan fingerprint density at radius 2 is 0.781 bits per heavy atom. The summed E-state index contributed by atoms with van der Waals surface area (Å²) in [5.74, 6) is -35.2. The van der Waals surface area contributed by atoms with E-state index in [1.165, 1.54) is 0 Å². The van der Waals surface area contributed by atoms with E-state index in [-0.39, 0.29) is 0 Å². The van der Waals surface area contributed by atoms with Gasteiger partial charge in [0, 0.05) is 11.4 Å². The molecule has 2 amide bonds. The van der Waals surface area contributed by atoms with Gasteiger partial charge in [-0.2, -0.15) is 35.1 Å². The molecule has 0 heterocycles. The van der Waals surface area contributed by atoms with E-state index in [9.17, 15) is 53.5 Å². The fraction of sp³-hybridized carbons (Fsp3) is 0.222. The zero-order valence-electron chi connectivity index (χ0n) is 15.2. The van der Waals surface area contributed by atoms with Crippen LogP contribution in [0.1, 0.15) is 0 Å². The predicted octanol–water partition coefficient (Wildman–Crippen LogP) is 5.08. The van der Waals surface area contributed by atoms with E-state index in [4.69, 9.17) is 0 Å². The summed E-state index contributed by atoms with van der Waals surface area (Å²) in [5.41, 5.74) is -1.48. The average Bonchev–Trinajstić information content (AvgIpc) is 2.70. The van der Waals surface area contributed by atoms with Crippen molar-refractivity contribution in [1.29, 1.82) is 0 Å². The number of hydrogen-bond donors (Lipinski definition) is 2. The lowest BCUT2D eigenvalue weighted by atomic mass is 9.97. The Bertz CT molecular complexity index is 910. The highest BCUT2D eigenvalue weighted by Gasteiger charge is 2.84. The second kappa shape index (κ2) is 8.31. The molecule has 0 aromatic heterocycles. The number of rotatable bonds is 7. The van der Waals surface area contributed by atoms with Gasteiger partial charge >= 0.3 is 35.5 Å². The van der Waals surface area contributed by atoms with Crippen LogP contribution in [0.2, 0.25) is 0 Å². The molecule has 0 fully saturated rings. The highest BCUT2D eigenvalue weighted by atomic mass is 19.4. The van der Waals surface area contributed by atoms with Crippen LogP contribution in [0.15, 0.2) is 48.5 Å². The van der Waals surface area contributed by atoms with Gasteiger partial charge in [-0.15, -0.1) is 0 Å². The van der Waals surface area contributed by atoms with E-state index in [0.29, 0.717) is 48.5 Å². The van der Waals surface area contributed by atoms with Crippen LogP contribution in [0.5, 0.6) is 0 Å². The summed E-state index contributed by atoms with van der Waals surface area (Å²) in [6, 6.07) is 4.77. The van der Waals surface area contributed by atoms with Gasteiger partial charge in [-0.1, -0.05) is 0 Å². The summed E-state index contributed by atoms with van der Waals surface area (Å²) in [4.78, 5) is 23.0. The summed E-state index contributed by atoms with van der Waals surface area (Å²) in [7, 11) is 0. The van der Waals surface area contributed by atoms with Crippen LogP contribution in [0.3, 0.4) is 0 Å². The molecule has 0 aliphatic rings. The quantitative estimate of drug-likeness (QED) is 0.548. The Morgan fingerprint density at radius 1 is 0.531 bits per heavy atom. The minimum atomic E-state index is -7.08. The van der Waals surface area contributed by atoms with Gasteiger partial charge in [-0.3, -0.25) is 9.59 Å². The van der Waals surface area contributed by atoms with Crippen LogP contribution in [0, 0.1) is 11.6 Å². The first-order valence-corrected chi connectivity index (χ1v) is 8.19. The summed E-state index contributed by atoms with van der Waals surface area (Å²) in [6.45, 7) is 0. The van der Waals surface area contributed by atoms with E-state index >= 15 is 0 Å². The van der Waals surface area contributed by atoms with Crippen molar-refractivity contribution >= 4 is 23.2 Å². The van der Waals surface area contributed by atoms with E-state index in [2.05, 4.69) is 0 Å². The first kappa shape index (κ1) is 24.9. The van der Waals surface area contributed by atoms with E-state index in [1.807, 2.05) is 0 Å². The Morgan fingerprint density at radius 3 is 1.03 bits per heavy atom. The Labute approximate surface area is 172 Å². The topological polar surface area (TPSA) is 58.2 Å². The lowest BCUT2D eigenvalue weighted by molar-refractivity contribution is -0.345. The lowest BCUT2D eigenvalue weighted by Gasteiger charge is -2.35. The summed E-state index contributed by atoms with van der Waals surface area (Å²) < 4.78 is 137. The number of anilines is 2. The normalized spacial score (nSPS) is 12.9. The van der Waals surface area contributed by atoms with Crippen molar-refractivity contribution in [3.63, 3.8) is 0 Å². The van der Waals surface area contributed by atoms with Crippen LogP contribution in [-0.2, 0) is 9.59 Å². The first-order valence-electron chi connectivity index (χ1n) is 8.19. The molecule has 2 aromatic carbocycles. The van der Waals surface area contributed by atoms with Gasteiger partial charge in [0.2, 0.25) is 0 Å². The van der Waals surface area contributed by atoms with Crippen LogP contribution >= 0.6 is 0 Å². The third-order valence-electron chi connectivity index (χ3n) is 3.96. The maximum Gasteiger partial charge on any atom is 0.393 e. The molecule has 0 spiro atoms. The maximum atomic E-state index is 13.9. The van der Waals surface area contributed by atoms with Gasteiger partial charge in [0.1, 0.15) is 11.6 Å². The second-order valence-corrected chi connectivity index (χ2v) is 6.22. The molecule has 0 saturated heterocycles. The number of nitrogens with one attached hydrogen (secondary N) is 2. The number of amides is 2. The molecule has 0 aliphatic carbocycles. The Balaban J connectivity index is 2.30. The van der Waals surface area contributed by atoms with E-state index in [1.54, 1.807) is 0 Å². The molecule has 0 radical (unpaired) electrons. The molecule has 0 bridgehead atoms. The molecular weight excluding hydrogens is 466 g/mol. The van der Waals surface area contributed by atoms with Crippen molar-refractivity contribution in [3.8, 4) is 0 Å². The maximum absolute atomic E-state index is 13.9. The molecule has 2 rings (SSSR count). The summed E-state index contributed by atoms with van der Waals surface area (Å²) >= 11 is 0. The van der Waals surface area contributed by atoms with Crippen molar-refractivity contribution in [1.82, 2.24) is 0 Å². The average molecular weight is 476 g/mol. The lowest BCUT2D eigenvalue weighted by Crippen LogP contribution is -2.67. The van der Waals surface area contributed by atoms with Crippen LogP contribution in [0.4, 0.5) is 55.3 Å². The van der Waals surface area contributed by atoms with Gasteiger partial charge in [-0.25, -0.2) is 8.78 Å². The molecule has 4 nitrogen and oxygen atoms in total. The fourth-order valence-corrected chi connectivity index (χ4v) is 2.17. The van der Waals surface area contributed by atoms with Crippen molar-refractivity contribution in [2.24, 2.45) is 0 Å². The fourth-order valence-electron chi connectivity index (χ4n) is 2.17. The number of benzene rings is 2. The SMILES string of the molecule is O=C(Nc1ccc(F)cc1)C(F)(F)C(F)(F)C(F)(F)C(F)(F)C(=O)Nc1ccc(F)cc1. The van der Waals surface area contributed by atoms with Crippen LogP contribution in [-0.4, -0.2) is 35.5 Å². The second-order valence-electron chi connectivity index (χ2n) is 6.22. The highest BCUT2D eigenvalue weighted by Crippen LogP contribution is 2.53. The minimum Gasteiger partial charge on any atom is -0.321 e. The van der Waals surface area contributed by atoms with Crippen LogP contribution < -0.4 is 10.6 Å². The monoisotopic (exact) mass is 476 g/mol. The van der Waals surface area contributed by atoms with Crippen molar-refractivity contribution in [2.45, 2.75) is 23.7 Å². The number of halogens is 10. The largest absolute Gasteiger partial charge is 0.393 e. The molecule has 0 aliphatic heterocycles. The van der Waals surface area contributed by atoms with Gasteiger partial charge in [-0.05, 0) is 48.5 Å². The van der Waals surface area contributed by atoms with Gasteiger partial charge < -0.3 is 10.6 Å². The third-order valence-corrected chi connectivity index (χ3v) is 3.96. The van der Waals surface area contributed by atoms with E-state index in [0.717, 1.165) is 10.6 Å². The molecule has 0 saturated carbocycles.